The van der Waals surface area contributed by atoms with Crippen LogP contribution in [0, 0.1) is 0 Å². The van der Waals surface area contributed by atoms with E-state index in [2.05, 4.69) is 11.4 Å². The standard InChI is InChI=1S/C15H19NO2/c1-18-15(17)14-5-3-2-4-13(14)10-8-11-6-7-12(9-10)16-11/h2-5,10-12,16H,6-9H2,1H3. The lowest BCUT2D eigenvalue weighted by Gasteiger charge is -2.30. The number of benzene rings is 1. The molecule has 1 aromatic carbocycles. The van der Waals surface area contributed by atoms with Crippen LogP contribution >= 0.6 is 0 Å². The maximum absolute atomic E-state index is 11.8. The molecule has 2 aliphatic rings. The van der Waals surface area contributed by atoms with Crippen molar-refractivity contribution in [1.29, 1.82) is 0 Å². The highest BCUT2D eigenvalue weighted by Crippen LogP contribution is 2.38. The van der Waals surface area contributed by atoms with Gasteiger partial charge in [-0.3, -0.25) is 0 Å². The normalized spacial score (nSPS) is 30.2. The molecule has 0 amide bonds. The number of hydrogen-bond donors (Lipinski definition) is 1. The Morgan fingerprint density at radius 2 is 1.89 bits per heavy atom. The molecule has 1 N–H and O–H groups in total. The zero-order valence-corrected chi connectivity index (χ0v) is 10.7. The molecule has 0 spiro atoms. The minimum Gasteiger partial charge on any atom is -0.465 e. The highest BCUT2D eigenvalue weighted by molar-refractivity contribution is 5.91. The third-order valence-electron chi connectivity index (χ3n) is 4.28. The molecule has 0 aromatic heterocycles. The Labute approximate surface area is 108 Å². The topological polar surface area (TPSA) is 38.3 Å². The van der Waals surface area contributed by atoms with Gasteiger partial charge in [0, 0.05) is 12.1 Å². The zero-order valence-electron chi connectivity index (χ0n) is 10.7. The number of carbonyl (C=O) groups is 1. The van der Waals surface area contributed by atoms with Gasteiger partial charge < -0.3 is 10.1 Å². The van der Waals surface area contributed by atoms with Crippen LogP contribution in [0.4, 0.5) is 0 Å². The van der Waals surface area contributed by atoms with Crippen molar-refractivity contribution >= 4 is 5.97 Å². The fraction of sp³-hybridized carbons (Fsp3) is 0.533. The summed E-state index contributed by atoms with van der Waals surface area (Å²) in [5.74, 6) is 0.288. The Balaban J connectivity index is 1.90. The molecule has 2 atom stereocenters. The molecule has 2 bridgehead atoms. The zero-order chi connectivity index (χ0) is 12.5. The second-order valence-corrected chi connectivity index (χ2v) is 5.39. The lowest BCUT2D eigenvalue weighted by atomic mass is 9.84. The van der Waals surface area contributed by atoms with Crippen LogP contribution in [0.5, 0.6) is 0 Å². The largest absolute Gasteiger partial charge is 0.465 e. The van der Waals surface area contributed by atoms with Crippen LogP contribution in [0.3, 0.4) is 0 Å². The molecule has 0 aliphatic carbocycles. The Morgan fingerprint density at radius 3 is 2.56 bits per heavy atom. The Kier molecular flexibility index (Phi) is 3.08. The Morgan fingerprint density at radius 1 is 1.22 bits per heavy atom. The maximum atomic E-state index is 11.8. The van der Waals surface area contributed by atoms with Gasteiger partial charge in [-0.2, -0.15) is 0 Å². The van der Waals surface area contributed by atoms with Crippen LogP contribution < -0.4 is 5.32 Å². The van der Waals surface area contributed by atoms with Crippen LogP contribution in [0.15, 0.2) is 24.3 Å². The van der Waals surface area contributed by atoms with Crippen molar-refractivity contribution in [2.24, 2.45) is 0 Å². The first-order chi connectivity index (χ1) is 8.78. The number of hydrogen-bond acceptors (Lipinski definition) is 3. The van der Waals surface area contributed by atoms with Crippen molar-refractivity contribution in [2.45, 2.75) is 43.7 Å². The molecule has 3 rings (SSSR count). The number of nitrogens with one attached hydrogen (secondary N) is 1. The summed E-state index contributed by atoms with van der Waals surface area (Å²) in [4.78, 5) is 11.8. The molecule has 96 valence electrons. The van der Waals surface area contributed by atoms with Gasteiger partial charge in [0.2, 0.25) is 0 Å². The van der Waals surface area contributed by atoms with Gasteiger partial charge in [0.1, 0.15) is 0 Å². The van der Waals surface area contributed by atoms with Gasteiger partial charge in [-0.1, -0.05) is 18.2 Å². The second-order valence-electron chi connectivity index (χ2n) is 5.39. The molecular weight excluding hydrogens is 226 g/mol. The van der Waals surface area contributed by atoms with E-state index in [1.54, 1.807) is 0 Å². The van der Waals surface area contributed by atoms with Crippen molar-refractivity contribution in [1.82, 2.24) is 5.32 Å². The summed E-state index contributed by atoms with van der Waals surface area (Å²) in [6, 6.07) is 9.17. The lowest BCUT2D eigenvalue weighted by Crippen LogP contribution is -2.37. The molecule has 2 unspecified atom stereocenters. The Hall–Kier alpha value is -1.35. The summed E-state index contributed by atoms with van der Waals surface area (Å²) in [5, 5.41) is 3.64. The van der Waals surface area contributed by atoms with Gasteiger partial charge in [0.05, 0.1) is 12.7 Å². The minimum absolute atomic E-state index is 0.212. The molecule has 3 heteroatoms. The number of carbonyl (C=O) groups excluding carboxylic acids is 1. The van der Waals surface area contributed by atoms with Crippen LogP contribution in [0.1, 0.15) is 47.5 Å². The molecule has 2 heterocycles. The van der Waals surface area contributed by atoms with Gasteiger partial charge in [-0.05, 0) is 43.2 Å². The molecule has 18 heavy (non-hydrogen) atoms. The van der Waals surface area contributed by atoms with Crippen LogP contribution in [0.2, 0.25) is 0 Å². The van der Waals surface area contributed by atoms with Gasteiger partial charge in [-0.25, -0.2) is 4.79 Å². The first kappa shape index (κ1) is 11.7. The summed E-state index contributed by atoms with van der Waals surface area (Å²) < 4.78 is 4.88. The predicted octanol–water partition coefficient (Wildman–Crippen LogP) is 2.47. The molecule has 1 aromatic rings. The lowest BCUT2D eigenvalue weighted by molar-refractivity contribution is 0.0598. The van der Waals surface area contributed by atoms with Crippen molar-refractivity contribution in [2.75, 3.05) is 7.11 Å². The second kappa shape index (κ2) is 4.73. The molecule has 2 aliphatic heterocycles. The van der Waals surface area contributed by atoms with Gasteiger partial charge >= 0.3 is 5.97 Å². The van der Waals surface area contributed by atoms with E-state index in [1.165, 1.54) is 25.5 Å². The highest BCUT2D eigenvalue weighted by atomic mass is 16.5. The van der Waals surface area contributed by atoms with Crippen molar-refractivity contribution in [3.8, 4) is 0 Å². The van der Waals surface area contributed by atoms with Crippen LogP contribution in [-0.2, 0) is 4.74 Å². The highest BCUT2D eigenvalue weighted by Gasteiger charge is 2.35. The summed E-state index contributed by atoms with van der Waals surface area (Å²) >= 11 is 0. The fourth-order valence-electron chi connectivity index (χ4n) is 3.46. The third kappa shape index (κ3) is 2.03. The summed E-state index contributed by atoms with van der Waals surface area (Å²) in [5.41, 5.74) is 1.91. The van der Waals surface area contributed by atoms with Gasteiger partial charge in [0.15, 0.2) is 0 Å². The van der Waals surface area contributed by atoms with Crippen LogP contribution in [-0.4, -0.2) is 25.2 Å². The van der Waals surface area contributed by atoms with E-state index >= 15 is 0 Å². The van der Waals surface area contributed by atoms with E-state index in [4.69, 9.17) is 4.74 Å². The first-order valence-corrected chi connectivity index (χ1v) is 6.71. The average Bonchev–Trinajstić information content (AvgIpc) is 2.76. The molecular formula is C15H19NO2. The molecule has 2 saturated heterocycles. The van der Waals surface area contributed by atoms with E-state index in [1.807, 2.05) is 18.2 Å². The number of methoxy groups -OCH3 is 1. The number of ether oxygens (including phenoxy) is 1. The summed E-state index contributed by atoms with van der Waals surface area (Å²) in [6.07, 6.45) is 4.85. The van der Waals surface area contributed by atoms with E-state index in [9.17, 15) is 4.79 Å². The maximum Gasteiger partial charge on any atom is 0.338 e. The first-order valence-electron chi connectivity index (χ1n) is 6.71. The van der Waals surface area contributed by atoms with Gasteiger partial charge in [0.25, 0.3) is 0 Å². The SMILES string of the molecule is COC(=O)c1ccccc1C1CC2CCC(C1)N2. The van der Waals surface area contributed by atoms with Crippen LogP contribution in [0.25, 0.3) is 0 Å². The average molecular weight is 245 g/mol. The van der Waals surface area contributed by atoms with E-state index in [0.717, 1.165) is 18.4 Å². The fourth-order valence-corrected chi connectivity index (χ4v) is 3.46. The predicted molar refractivity (Wildman–Crippen MR) is 69.7 cm³/mol. The number of piperidine rings is 1. The molecule has 0 saturated carbocycles. The van der Waals surface area contributed by atoms with Crippen molar-refractivity contribution in [3.05, 3.63) is 35.4 Å². The number of esters is 1. The number of fused-ring (bicyclic) bond motifs is 2. The van der Waals surface area contributed by atoms with Crippen molar-refractivity contribution < 1.29 is 9.53 Å². The van der Waals surface area contributed by atoms with Crippen molar-refractivity contribution in [3.63, 3.8) is 0 Å². The summed E-state index contributed by atoms with van der Waals surface area (Å²) in [7, 11) is 1.45. The van der Waals surface area contributed by atoms with E-state index in [-0.39, 0.29) is 5.97 Å². The van der Waals surface area contributed by atoms with E-state index < -0.39 is 0 Å². The quantitative estimate of drug-likeness (QED) is 0.813. The minimum atomic E-state index is -0.212. The summed E-state index contributed by atoms with van der Waals surface area (Å²) in [6.45, 7) is 0. The molecule has 3 nitrogen and oxygen atoms in total. The number of rotatable bonds is 2. The third-order valence-corrected chi connectivity index (χ3v) is 4.28. The molecule has 2 fully saturated rings. The van der Waals surface area contributed by atoms with Gasteiger partial charge in [-0.15, -0.1) is 0 Å². The Bertz CT molecular complexity index is 446. The monoisotopic (exact) mass is 245 g/mol. The van der Waals surface area contributed by atoms with E-state index in [0.29, 0.717) is 18.0 Å². The smallest absolute Gasteiger partial charge is 0.338 e. The molecule has 0 radical (unpaired) electrons.